The van der Waals surface area contributed by atoms with Gasteiger partial charge in [-0.1, -0.05) is 0 Å². The zero-order valence-corrected chi connectivity index (χ0v) is 8.64. The second-order valence-electron chi connectivity index (χ2n) is 3.17. The van der Waals surface area contributed by atoms with Crippen molar-refractivity contribution in [2.45, 2.75) is 0 Å². The van der Waals surface area contributed by atoms with E-state index in [0.717, 1.165) is 0 Å². The van der Waals surface area contributed by atoms with Crippen LogP contribution in [0.5, 0.6) is 0 Å². The lowest BCUT2D eigenvalue weighted by Gasteiger charge is -2.02. The summed E-state index contributed by atoms with van der Waals surface area (Å²) in [4.78, 5) is 25.0. The second-order valence-corrected chi connectivity index (χ2v) is 3.17. The average molecular weight is 218 g/mol. The molecule has 0 saturated heterocycles. The third-order valence-corrected chi connectivity index (χ3v) is 2.22. The fourth-order valence-corrected chi connectivity index (χ4v) is 1.40. The van der Waals surface area contributed by atoms with E-state index in [4.69, 9.17) is 0 Å². The number of imidazole rings is 1. The van der Waals surface area contributed by atoms with Crippen molar-refractivity contribution < 1.29 is 9.53 Å². The summed E-state index contributed by atoms with van der Waals surface area (Å²) in [5, 5.41) is 0. The first-order valence-electron chi connectivity index (χ1n) is 4.67. The summed E-state index contributed by atoms with van der Waals surface area (Å²) in [7, 11) is 1.33. The monoisotopic (exact) mass is 218 g/mol. The molecule has 0 radical (unpaired) electrons. The van der Waals surface area contributed by atoms with Crippen LogP contribution in [-0.4, -0.2) is 22.6 Å². The molecule has 0 unspecified atom stereocenters. The molecule has 0 aliphatic carbocycles. The zero-order valence-electron chi connectivity index (χ0n) is 8.64. The van der Waals surface area contributed by atoms with Gasteiger partial charge in [0.2, 0.25) is 0 Å². The summed E-state index contributed by atoms with van der Waals surface area (Å²) in [6, 6.07) is 6.59. The minimum absolute atomic E-state index is 0.217. The summed E-state index contributed by atoms with van der Waals surface area (Å²) < 4.78 is 6.02. The number of benzene rings is 1. The van der Waals surface area contributed by atoms with E-state index >= 15 is 0 Å². The Morgan fingerprint density at radius 1 is 1.31 bits per heavy atom. The molecule has 1 aromatic carbocycles. The van der Waals surface area contributed by atoms with Crippen LogP contribution >= 0.6 is 0 Å². The number of nitrogens with zero attached hydrogens (tertiary/aromatic N) is 1. The van der Waals surface area contributed by atoms with Gasteiger partial charge < -0.3 is 9.72 Å². The quantitative estimate of drug-likeness (QED) is 0.763. The van der Waals surface area contributed by atoms with Crippen molar-refractivity contribution in [3.05, 3.63) is 52.7 Å². The zero-order chi connectivity index (χ0) is 11.5. The molecule has 2 aromatic rings. The summed E-state index contributed by atoms with van der Waals surface area (Å²) >= 11 is 0. The smallest absolute Gasteiger partial charge is 0.337 e. The largest absolute Gasteiger partial charge is 0.465 e. The number of ether oxygens (including phenoxy) is 1. The van der Waals surface area contributed by atoms with Gasteiger partial charge in [0.15, 0.2) is 0 Å². The van der Waals surface area contributed by atoms with Crippen LogP contribution in [0.4, 0.5) is 0 Å². The molecule has 5 heteroatoms. The molecular formula is C11H10N2O3. The summed E-state index contributed by atoms with van der Waals surface area (Å²) in [6.07, 6.45) is 3.17. The first-order valence-corrected chi connectivity index (χ1v) is 4.67. The molecule has 0 atom stereocenters. The van der Waals surface area contributed by atoms with Crippen molar-refractivity contribution in [1.82, 2.24) is 9.55 Å². The predicted octanol–water partition coefficient (Wildman–Crippen LogP) is 0.952. The Morgan fingerprint density at radius 2 is 2.00 bits per heavy atom. The van der Waals surface area contributed by atoms with E-state index in [1.807, 2.05) is 0 Å². The number of carbonyl (C=O) groups excluding carboxylic acids is 1. The van der Waals surface area contributed by atoms with Crippen molar-refractivity contribution >= 4 is 5.97 Å². The molecule has 2 rings (SSSR count). The van der Waals surface area contributed by atoms with Crippen molar-refractivity contribution in [3.8, 4) is 5.69 Å². The fourth-order valence-electron chi connectivity index (χ4n) is 1.40. The summed E-state index contributed by atoms with van der Waals surface area (Å²) in [5.41, 5.74) is 0.930. The Labute approximate surface area is 91.3 Å². The highest BCUT2D eigenvalue weighted by atomic mass is 16.5. The Hall–Kier alpha value is -2.30. The van der Waals surface area contributed by atoms with Crippen LogP contribution < -0.4 is 5.69 Å². The molecule has 0 saturated carbocycles. The van der Waals surface area contributed by atoms with E-state index in [9.17, 15) is 9.59 Å². The molecule has 82 valence electrons. The van der Waals surface area contributed by atoms with E-state index in [1.54, 1.807) is 36.7 Å². The maximum Gasteiger partial charge on any atom is 0.337 e. The minimum atomic E-state index is -0.395. The molecule has 0 spiro atoms. The third kappa shape index (κ3) is 1.75. The maximum atomic E-state index is 11.3. The molecule has 1 aromatic heterocycles. The van der Waals surface area contributed by atoms with Crippen LogP contribution in [-0.2, 0) is 4.74 Å². The van der Waals surface area contributed by atoms with E-state index in [0.29, 0.717) is 11.3 Å². The standard InChI is InChI=1S/C11H10N2O3/c1-16-10(14)8-2-4-9(5-3-8)13-7-6-12-11(13)15/h2-7H,1H3,(H,12,15). The van der Waals surface area contributed by atoms with E-state index in [2.05, 4.69) is 9.72 Å². The lowest BCUT2D eigenvalue weighted by atomic mass is 10.2. The van der Waals surface area contributed by atoms with Crippen LogP contribution in [0.2, 0.25) is 0 Å². The number of hydrogen-bond donors (Lipinski definition) is 1. The topological polar surface area (TPSA) is 64.1 Å². The minimum Gasteiger partial charge on any atom is -0.465 e. The van der Waals surface area contributed by atoms with Gasteiger partial charge in [-0.2, -0.15) is 0 Å². The van der Waals surface area contributed by atoms with Crippen LogP contribution in [0.15, 0.2) is 41.5 Å². The first kappa shape index (κ1) is 10.2. The van der Waals surface area contributed by atoms with Crippen molar-refractivity contribution in [3.63, 3.8) is 0 Å². The molecular weight excluding hydrogens is 208 g/mol. The third-order valence-electron chi connectivity index (χ3n) is 2.22. The number of hydrogen-bond acceptors (Lipinski definition) is 3. The van der Waals surface area contributed by atoms with Gasteiger partial charge in [0, 0.05) is 12.4 Å². The normalized spacial score (nSPS) is 10.1. The SMILES string of the molecule is COC(=O)c1ccc(-n2cc[nH]c2=O)cc1. The molecule has 0 amide bonds. The number of aromatic nitrogens is 2. The number of carbonyl (C=O) groups is 1. The number of nitrogens with one attached hydrogen (secondary N) is 1. The Bertz CT molecular complexity index is 551. The van der Waals surface area contributed by atoms with E-state index in [-0.39, 0.29) is 5.69 Å². The Balaban J connectivity index is 2.37. The van der Waals surface area contributed by atoms with Gasteiger partial charge in [-0.15, -0.1) is 0 Å². The molecule has 16 heavy (non-hydrogen) atoms. The van der Waals surface area contributed by atoms with Gasteiger partial charge in [0.25, 0.3) is 0 Å². The summed E-state index contributed by atoms with van der Waals surface area (Å²) in [6.45, 7) is 0. The van der Waals surface area contributed by atoms with Gasteiger partial charge in [-0.05, 0) is 24.3 Å². The Kier molecular flexibility index (Phi) is 2.59. The van der Waals surface area contributed by atoms with Crippen LogP contribution in [0, 0.1) is 0 Å². The summed E-state index contributed by atoms with van der Waals surface area (Å²) in [5.74, 6) is -0.395. The van der Waals surface area contributed by atoms with E-state index < -0.39 is 5.97 Å². The molecule has 0 aliphatic rings. The Morgan fingerprint density at radius 3 is 2.50 bits per heavy atom. The fraction of sp³-hybridized carbons (Fsp3) is 0.0909. The van der Waals surface area contributed by atoms with E-state index in [1.165, 1.54) is 11.7 Å². The van der Waals surface area contributed by atoms with Gasteiger partial charge in [-0.25, -0.2) is 9.59 Å². The number of esters is 1. The van der Waals surface area contributed by atoms with Gasteiger partial charge in [0.05, 0.1) is 18.4 Å². The number of methoxy groups -OCH3 is 1. The van der Waals surface area contributed by atoms with Crippen LogP contribution in [0.1, 0.15) is 10.4 Å². The van der Waals surface area contributed by atoms with Gasteiger partial charge in [0.1, 0.15) is 0 Å². The molecule has 0 bridgehead atoms. The van der Waals surface area contributed by atoms with Crippen molar-refractivity contribution in [2.24, 2.45) is 0 Å². The van der Waals surface area contributed by atoms with Gasteiger partial charge >= 0.3 is 11.7 Å². The van der Waals surface area contributed by atoms with Crippen LogP contribution in [0.3, 0.4) is 0 Å². The average Bonchev–Trinajstić information content (AvgIpc) is 2.75. The molecule has 0 fully saturated rings. The number of rotatable bonds is 2. The molecule has 1 heterocycles. The van der Waals surface area contributed by atoms with Crippen molar-refractivity contribution in [2.75, 3.05) is 7.11 Å². The number of aromatic amines is 1. The predicted molar refractivity (Wildman–Crippen MR) is 57.7 cm³/mol. The van der Waals surface area contributed by atoms with Crippen molar-refractivity contribution in [1.29, 1.82) is 0 Å². The second kappa shape index (κ2) is 4.06. The maximum absolute atomic E-state index is 11.3. The molecule has 1 N–H and O–H groups in total. The number of H-pyrrole nitrogens is 1. The first-order chi connectivity index (χ1) is 7.72. The molecule has 0 aliphatic heterocycles. The van der Waals surface area contributed by atoms with Crippen LogP contribution in [0.25, 0.3) is 5.69 Å². The van der Waals surface area contributed by atoms with Gasteiger partial charge in [-0.3, -0.25) is 4.57 Å². The lowest BCUT2D eigenvalue weighted by Crippen LogP contribution is -2.14. The molecule has 5 nitrogen and oxygen atoms in total. The highest BCUT2D eigenvalue weighted by Gasteiger charge is 2.05. The highest BCUT2D eigenvalue weighted by molar-refractivity contribution is 5.89. The highest BCUT2D eigenvalue weighted by Crippen LogP contribution is 2.08. The lowest BCUT2D eigenvalue weighted by molar-refractivity contribution is 0.0601.